The van der Waals surface area contributed by atoms with Crippen LogP contribution in [0.5, 0.6) is 0 Å². The van der Waals surface area contributed by atoms with E-state index in [1.165, 1.54) is 32.9 Å². The van der Waals surface area contributed by atoms with Crippen LogP contribution in [0.2, 0.25) is 0 Å². The Morgan fingerprint density at radius 3 is 2.33 bits per heavy atom. The highest BCUT2D eigenvalue weighted by molar-refractivity contribution is 6.05. The normalized spacial score (nSPS) is 10.7. The zero-order valence-corrected chi connectivity index (χ0v) is 19.9. The van der Waals surface area contributed by atoms with Crippen molar-refractivity contribution >= 4 is 11.7 Å². The molecule has 0 aliphatic rings. The highest BCUT2D eigenvalue weighted by Crippen LogP contribution is 2.30. The third kappa shape index (κ3) is 5.03. The Morgan fingerprint density at radius 1 is 1.06 bits per heavy atom. The molecule has 0 fully saturated rings. The third-order valence-electron chi connectivity index (χ3n) is 5.86. The van der Waals surface area contributed by atoms with Crippen molar-refractivity contribution < 1.29 is 9.59 Å². The van der Waals surface area contributed by atoms with Gasteiger partial charge in [0.25, 0.3) is 11.5 Å². The maximum absolute atomic E-state index is 12.6. The van der Waals surface area contributed by atoms with Gasteiger partial charge in [-0.25, -0.2) is 0 Å². The smallest absolute Gasteiger partial charge is 0.263 e. The molecule has 0 spiro atoms. The molecule has 0 bridgehead atoms. The van der Waals surface area contributed by atoms with Crippen LogP contribution in [0, 0.1) is 20.8 Å². The number of ketones is 1. The molecule has 0 unspecified atom stereocenters. The number of nitrogens with zero attached hydrogens (tertiary/aromatic N) is 1. The lowest BCUT2D eigenvalue weighted by Crippen LogP contribution is -2.32. The number of amides is 1. The highest BCUT2D eigenvalue weighted by atomic mass is 16.2. The number of hydrogen-bond donors (Lipinski definition) is 1. The van der Waals surface area contributed by atoms with Crippen LogP contribution in [-0.2, 0) is 13.5 Å². The van der Waals surface area contributed by atoms with Crippen molar-refractivity contribution in [2.75, 3.05) is 6.54 Å². The molecule has 5 heteroatoms. The van der Waals surface area contributed by atoms with Crippen molar-refractivity contribution in [3.8, 4) is 11.1 Å². The van der Waals surface area contributed by atoms with Gasteiger partial charge in [0, 0.05) is 25.4 Å². The van der Waals surface area contributed by atoms with Crippen LogP contribution in [0.3, 0.4) is 0 Å². The number of aromatic nitrogens is 1. The number of aryl methyl sites for hydroxylation is 4. The quantitative estimate of drug-likeness (QED) is 0.426. The lowest BCUT2D eigenvalue weighted by molar-refractivity contribution is 0.0953. The van der Waals surface area contributed by atoms with Gasteiger partial charge in [0.15, 0.2) is 5.78 Å². The van der Waals surface area contributed by atoms with Gasteiger partial charge in [-0.2, -0.15) is 0 Å². The first kappa shape index (κ1) is 23.9. The molecule has 0 saturated carbocycles. The predicted octanol–water partition coefficient (Wildman–Crippen LogP) is 4.69. The number of carbonyl (C=O) groups is 2. The molecule has 0 aliphatic carbocycles. The minimum absolute atomic E-state index is 0.0750. The summed E-state index contributed by atoms with van der Waals surface area (Å²) in [6.07, 6.45) is 3.66. The fraction of sp³-hybridized carbons (Fsp3) is 0.250. The summed E-state index contributed by atoms with van der Waals surface area (Å²) in [5.74, 6) is -0.593. The number of pyridine rings is 1. The van der Waals surface area contributed by atoms with Crippen molar-refractivity contribution in [3.63, 3.8) is 0 Å². The average molecular weight is 443 g/mol. The fourth-order valence-corrected chi connectivity index (χ4v) is 4.23. The average Bonchev–Trinajstić information content (AvgIpc) is 2.77. The molecule has 5 nitrogen and oxygen atoms in total. The maximum atomic E-state index is 12.6. The summed E-state index contributed by atoms with van der Waals surface area (Å²) in [5, 5.41) is 2.70. The second-order valence-corrected chi connectivity index (χ2v) is 8.41. The molecule has 0 radical (unpaired) electrons. The van der Waals surface area contributed by atoms with Crippen molar-refractivity contribution in [1.82, 2.24) is 9.88 Å². The minimum Gasteiger partial charge on any atom is -0.352 e. The SMILES string of the molecule is C=CC(=O)c1ccc(Cc2c(C)cc(C)cc2C)c(-c2cc(C(=O)NCC)c(=O)n(C)c2)c1. The van der Waals surface area contributed by atoms with E-state index in [1.807, 2.05) is 12.1 Å². The Morgan fingerprint density at radius 2 is 1.73 bits per heavy atom. The predicted molar refractivity (Wildman–Crippen MR) is 133 cm³/mol. The minimum atomic E-state index is -0.412. The van der Waals surface area contributed by atoms with Crippen LogP contribution >= 0.6 is 0 Å². The summed E-state index contributed by atoms with van der Waals surface area (Å²) in [4.78, 5) is 37.5. The fourth-order valence-electron chi connectivity index (χ4n) is 4.23. The zero-order chi connectivity index (χ0) is 24.3. The molecule has 0 atom stereocenters. The number of hydrogen-bond acceptors (Lipinski definition) is 3. The Hall–Kier alpha value is -3.73. The van der Waals surface area contributed by atoms with Gasteiger partial charge in [-0.05, 0) is 85.7 Å². The Balaban J connectivity index is 2.24. The molecule has 1 amide bonds. The summed E-state index contributed by atoms with van der Waals surface area (Å²) >= 11 is 0. The second-order valence-electron chi connectivity index (χ2n) is 8.41. The Labute approximate surface area is 194 Å². The van der Waals surface area contributed by atoms with Crippen LogP contribution in [0.25, 0.3) is 11.1 Å². The number of carbonyl (C=O) groups excluding carboxylic acids is 2. The summed E-state index contributed by atoms with van der Waals surface area (Å²) in [6.45, 7) is 12.1. The second kappa shape index (κ2) is 9.82. The molecule has 2 aromatic carbocycles. The van der Waals surface area contributed by atoms with E-state index in [2.05, 4.69) is 44.8 Å². The molecule has 0 saturated heterocycles. The Kier molecular flexibility index (Phi) is 7.12. The van der Waals surface area contributed by atoms with Gasteiger partial charge in [-0.15, -0.1) is 0 Å². The molecular formula is C28H30N2O3. The summed E-state index contributed by atoms with van der Waals surface area (Å²) in [5.41, 5.74) is 7.57. The van der Waals surface area contributed by atoms with Gasteiger partial charge in [0.1, 0.15) is 5.56 Å². The molecule has 170 valence electrons. The van der Waals surface area contributed by atoms with Gasteiger partial charge in [-0.3, -0.25) is 14.4 Å². The summed E-state index contributed by atoms with van der Waals surface area (Å²) < 4.78 is 1.41. The van der Waals surface area contributed by atoms with Crippen LogP contribution in [0.4, 0.5) is 0 Å². The van der Waals surface area contributed by atoms with E-state index in [9.17, 15) is 14.4 Å². The monoisotopic (exact) mass is 442 g/mol. The van der Waals surface area contributed by atoms with E-state index in [0.717, 1.165) is 11.1 Å². The van der Waals surface area contributed by atoms with Crippen molar-refractivity contribution in [3.05, 3.63) is 105 Å². The topological polar surface area (TPSA) is 68.2 Å². The molecular weight excluding hydrogens is 412 g/mol. The summed E-state index contributed by atoms with van der Waals surface area (Å²) in [7, 11) is 1.63. The number of benzene rings is 2. The molecule has 0 aliphatic heterocycles. The van der Waals surface area contributed by atoms with E-state index in [1.54, 1.807) is 32.3 Å². The number of allylic oxidation sites excluding steroid dienone is 1. The summed E-state index contributed by atoms with van der Waals surface area (Å²) in [6, 6.07) is 11.5. The highest BCUT2D eigenvalue weighted by Gasteiger charge is 2.17. The lowest BCUT2D eigenvalue weighted by atomic mass is 9.89. The first-order valence-corrected chi connectivity index (χ1v) is 11.0. The van der Waals surface area contributed by atoms with Gasteiger partial charge >= 0.3 is 0 Å². The van der Waals surface area contributed by atoms with E-state index in [0.29, 0.717) is 24.1 Å². The van der Waals surface area contributed by atoms with Crippen LogP contribution in [-0.4, -0.2) is 22.8 Å². The van der Waals surface area contributed by atoms with Crippen LogP contribution in [0.1, 0.15) is 55.5 Å². The van der Waals surface area contributed by atoms with E-state index in [4.69, 9.17) is 0 Å². The zero-order valence-electron chi connectivity index (χ0n) is 19.9. The van der Waals surface area contributed by atoms with Gasteiger partial charge < -0.3 is 9.88 Å². The first-order valence-electron chi connectivity index (χ1n) is 11.0. The van der Waals surface area contributed by atoms with Crippen LogP contribution < -0.4 is 10.9 Å². The van der Waals surface area contributed by atoms with Crippen molar-refractivity contribution in [1.29, 1.82) is 0 Å². The standard InChI is InChI=1S/C28H30N2O3/c1-7-26(31)21-10-9-20(13-23-18(4)11-17(3)12-19(23)5)24(14-21)22-15-25(27(32)29-8-2)28(33)30(6)16-22/h7,9-12,14-16H,1,8,13H2,2-6H3,(H,29,32). The number of nitrogens with one attached hydrogen (secondary N) is 1. The number of rotatable bonds is 7. The largest absolute Gasteiger partial charge is 0.352 e. The first-order chi connectivity index (χ1) is 15.7. The van der Waals surface area contributed by atoms with Crippen molar-refractivity contribution in [2.45, 2.75) is 34.1 Å². The van der Waals surface area contributed by atoms with Crippen LogP contribution in [0.15, 0.2) is 60.0 Å². The molecule has 33 heavy (non-hydrogen) atoms. The van der Waals surface area contributed by atoms with Gasteiger partial charge in [-0.1, -0.05) is 36.4 Å². The van der Waals surface area contributed by atoms with E-state index < -0.39 is 5.91 Å². The third-order valence-corrected chi connectivity index (χ3v) is 5.86. The molecule has 1 aromatic heterocycles. The molecule has 3 aromatic rings. The van der Waals surface area contributed by atoms with Crippen molar-refractivity contribution in [2.24, 2.45) is 7.05 Å². The Bertz CT molecular complexity index is 1290. The van der Waals surface area contributed by atoms with E-state index in [-0.39, 0.29) is 16.9 Å². The molecule has 1 heterocycles. The molecule has 1 N–H and O–H groups in total. The molecule has 3 rings (SSSR count). The van der Waals surface area contributed by atoms with Gasteiger partial charge in [0.05, 0.1) is 0 Å². The lowest BCUT2D eigenvalue weighted by Gasteiger charge is -2.17. The van der Waals surface area contributed by atoms with Gasteiger partial charge in [0.2, 0.25) is 0 Å². The maximum Gasteiger partial charge on any atom is 0.263 e. The van der Waals surface area contributed by atoms with E-state index >= 15 is 0 Å².